The molecule has 0 radical (unpaired) electrons. The van der Waals surface area contributed by atoms with E-state index < -0.39 is 0 Å². The summed E-state index contributed by atoms with van der Waals surface area (Å²) in [6.45, 7) is 2.08. The molecular formula is C11H13NO. The molecule has 0 atom stereocenters. The molecule has 1 aromatic rings. The molecule has 0 unspecified atom stereocenters. The standard InChI is InChI=1S/C11H13NO/c1-8-5-6-10-9(7-8)3-2-4-11(13)12-10/h5-7H,2-4H2,1H3,(H,12,13). The number of rotatable bonds is 0. The third kappa shape index (κ3) is 1.72. The van der Waals surface area contributed by atoms with Gasteiger partial charge in [0.1, 0.15) is 0 Å². The highest BCUT2D eigenvalue weighted by atomic mass is 16.1. The first kappa shape index (κ1) is 8.30. The van der Waals surface area contributed by atoms with Crippen molar-refractivity contribution < 1.29 is 4.79 Å². The first-order valence-electron chi connectivity index (χ1n) is 4.65. The number of carbonyl (C=O) groups is 1. The van der Waals surface area contributed by atoms with Crippen LogP contribution in [0.2, 0.25) is 0 Å². The van der Waals surface area contributed by atoms with Crippen LogP contribution >= 0.6 is 0 Å². The molecule has 0 saturated carbocycles. The molecule has 2 nitrogen and oxygen atoms in total. The van der Waals surface area contributed by atoms with Crippen molar-refractivity contribution in [2.75, 3.05) is 5.32 Å². The summed E-state index contributed by atoms with van der Waals surface area (Å²) in [4.78, 5) is 11.2. The Balaban J connectivity index is 2.40. The Morgan fingerprint density at radius 1 is 1.31 bits per heavy atom. The van der Waals surface area contributed by atoms with Crippen molar-refractivity contribution in [1.82, 2.24) is 0 Å². The summed E-state index contributed by atoms with van der Waals surface area (Å²) in [5.74, 6) is 0.141. The zero-order valence-electron chi connectivity index (χ0n) is 7.76. The summed E-state index contributed by atoms with van der Waals surface area (Å²) in [5.41, 5.74) is 3.52. The predicted molar refractivity (Wildman–Crippen MR) is 52.7 cm³/mol. The molecule has 13 heavy (non-hydrogen) atoms. The molecule has 0 spiro atoms. The van der Waals surface area contributed by atoms with Gasteiger partial charge in [-0.1, -0.05) is 17.7 Å². The molecule has 1 aliphatic rings. The highest BCUT2D eigenvalue weighted by Gasteiger charge is 2.11. The van der Waals surface area contributed by atoms with E-state index in [1.165, 1.54) is 11.1 Å². The Kier molecular flexibility index (Phi) is 2.05. The van der Waals surface area contributed by atoms with Crippen molar-refractivity contribution in [3.05, 3.63) is 29.3 Å². The number of amides is 1. The van der Waals surface area contributed by atoms with Crippen LogP contribution in [0.3, 0.4) is 0 Å². The van der Waals surface area contributed by atoms with Crippen molar-refractivity contribution in [2.24, 2.45) is 0 Å². The van der Waals surface area contributed by atoms with Gasteiger partial charge in [0.2, 0.25) is 5.91 Å². The number of aryl methyl sites for hydroxylation is 2. The van der Waals surface area contributed by atoms with Gasteiger partial charge >= 0.3 is 0 Å². The summed E-state index contributed by atoms with van der Waals surface area (Å²) in [6.07, 6.45) is 2.62. The topological polar surface area (TPSA) is 29.1 Å². The normalized spacial score (nSPS) is 15.9. The Bertz CT molecular complexity index is 344. The van der Waals surface area contributed by atoms with E-state index in [0.29, 0.717) is 6.42 Å². The summed E-state index contributed by atoms with van der Waals surface area (Å²) in [5, 5.41) is 2.91. The van der Waals surface area contributed by atoms with E-state index in [1.54, 1.807) is 0 Å². The fourth-order valence-corrected chi connectivity index (χ4v) is 1.70. The van der Waals surface area contributed by atoms with Gasteiger partial charge < -0.3 is 5.32 Å². The van der Waals surface area contributed by atoms with Gasteiger partial charge in [0, 0.05) is 12.1 Å². The first-order chi connectivity index (χ1) is 6.25. The smallest absolute Gasteiger partial charge is 0.224 e. The Morgan fingerprint density at radius 2 is 2.15 bits per heavy atom. The molecule has 2 rings (SSSR count). The van der Waals surface area contributed by atoms with E-state index in [-0.39, 0.29) is 5.91 Å². The molecule has 0 aliphatic carbocycles. The third-order valence-electron chi connectivity index (χ3n) is 2.38. The van der Waals surface area contributed by atoms with Crippen LogP contribution in [0.15, 0.2) is 18.2 Å². The van der Waals surface area contributed by atoms with Crippen molar-refractivity contribution >= 4 is 11.6 Å². The number of fused-ring (bicyclic) bond motifs is 1. The minimum atomic E-state index is 0.141. The highest BCUT2D eigenvalue weighted by Crippen LogP contribution is 2.22. The van der Waals surface area contributed by atoms with Crippen molar-refractivity contribution in [3.63, 3.8) is 0 Å². The molecule has 0 fully saturated rings. The summed E-state index contributed by atoms with van der Waals surface area (Å²) < 4.78 is 0. The van der Waals surface area contributed by atoms with Crippen LogP contribution in [0, 0.1) is 6.92 Å². The molecule has 1 amide bonds. The average Bonchev–Trinajstić information content (AvgIpc) is 2.25. The van der Waals surface area contributed by atoms with Gasteiger partial charge in [-0.05, 0) is 31.4 Å². The summed E-state index contributed by atoms with van der Waals surface area (Å²) >= 11 is 0. The van der Waals surface area contributed by atoms with E-state index >= 15 is 0 Å². The van der Waals surface area contributed by atoms with Crippen LogP contribution in [0.1, 0.15) is 24.0 Å². The fraction of sp³-hybridized carbons (Fsp3) is 0.364. The molecule has 0 saturated heterocycles. The van der Waals surface area contributed by atoms with Gasteiger partial charge in [-0.25, -0.2) is 0 Å². The SMILES string of the molecule is Cc1ccc2c(c1)CCCC(=O)N2. The molecule has 0 aromatic heterocycles. The average molecular weight is 175 g/mol. The van der Waals surface area contributed by atoms with Crippen molar-refractivity contribution in [1.29, 1.82) is 0 Å². The monoisotopic (exact) mass is 175 g/mol. The lowest BCUT2D eigenvalue weighted by Gasteiger charge is -2.06. The predicted octanol–water partition coefficient (Wildman–Crippen LogP) is 2.27. The lowest BCUT2D eigenvalue weighted by atomic mass is 10.1. The number of carbonyl (C=O) groups excluding carboxylic acids is 1. The molecule has 1 aromatic carbocycles. The van der Waals surface area contributed by atoms with Crippen molar-refractivity contribution in [3.8, 4) is 0 Å². The molecule has 68 valence electrons. The zero-order chi connectivity index (χ0) is 9.26. The van der Waals surface area contributed by atoms with Gasteiger partial charge in [0.25, 0.3) is 0 Å². The third-order valence-corrected chi connectivity index (χ3v) is 2.38. The van der Waals surface area contributed by atoms with E-state index in [9.17, 15) is 4.79 Å². The minimum Gasteiger partial charge on any atom is -0.326 e. The van der Waals surface area contributed by atoms with Crippen LogP contribution in [-0.4, -0.2) is 5.91 Å². The quantitative estimate of drug-likeness (QED) is 0.644. The molecule has 2 heteroatoms. The number of hydrogen-bond donors (Lipinski definition) is 1. The minimum absolute atomic E-state index is 0.141. The van der Waals surface area contributed by atoms with Crippen LogP contribution in [0.4, 0.5) is 5.69 Å². The van der Waals surface area contributed by atoms with Crippen molar-refractivity contribution in [2.45, 2.75) is 26.2 Å². The lowest BCUT2D eigenvalue weighted by Crippen LogP contribution is -2.09. The zero-order valence-corrected chi connectivity index (χ0v) is 7.76. The highest BCUT2D eigenvalue weighted by molar-refractivity contribution is 5.92. The molecule has 1 heterocycles. The summed E-state index contributed by atoms with van der Waals surface area (Å²) in [6, 6.07) is 6.18. The number of hydrogen-bond acceptors (Lipinski definition) is 1. The lowest BCUT2D eigenvalue weighted by molar-refractivity contribution is -0.116. The number of anilines is 1. The van der Waals surface area contributed by atoms with Crippen LogP contribution in [-0.2, 0) is 11.2 Å². The second kappa shape index (κ2) is 3.21. The molecule has 1 N–H and O–H groups in total. The Labute approximate surface area is 78.0 Å². The summed E-state index contributed by atoms with van der Waals surface area (Å²) in [7, 11) is 0. The van der Waals surface area contributed by atoms with E-state index in [1.807, 2.05) is 12.1 Å². The first-order valence-corrected chi connectivity index (χ1v) is 4.65. The molecule has 0 bridgehead atoms. The van der Waals surface area contributed by atoms with Gasteiger partial charge in [0.05, 0.1) is 0 Å². The van der Waals surface area contributed by atoms with Gasteiger partial charge in [-0.2, -0.15) is 0 Å². The molecule has 1 aliphatic heterocycles. The Morgan fingerprint density at radius 3 is 3.00 bits per heavy atom. The maximum Gasteiger partial charge on any atom is 0.224 e. The van der Waals surface area contributed by atoms with E-state index in [0.717, 1.165) is 18.5 Å². The van der Waals surface area contributed by atoms with E-state index in [4.69, 9.17) is 0 Å². The van der Waals surface area contributed by atoms with Crippen LogP contribution in [0.25, 0.3) is 0 Å². The second-order valence-electron chi connectivity index (χ2n) is 3.56. The van der Waals surface area contributed by atoms with Crippen LogP contribution < -0.4 is 5.32 Å². The van der Waals surface area contributed by atoms with Crippen LogP contribution in [0.5, 0.6) is 0 Å². The molecular weight excluding hydrogens is 162 g/mol. The van der Waals surface area contributed by atoms with Gasteiger partial charge in [-0.3, -0.25) is 4.79 Å². The van der Waals surface area contributed by atoms with Gasteiger partial charge in [0.15, 0.2) is 0 Å². The number of nitrogens with one attached hydrogen (secondary N) is 1. The maximum atomic E-state index is 11.2. The largest absolute Gasteiger partial charge is 0.326 e. The maximum absolute atomic E-state index is 11.2. The van der Waals surface area contributed by atoms with E-state index in [2.05, 4.69) is 18.3 Å². The van der Waals surface area contributed by atoms with Gasteiger partial charge in [-0.15, -0.1) is 0 Å². The second-order valence-corrected chi connectivity index (χ2v) is 3.56. The Hall–Kier alpha value is -1.31. The number of benzene rings is 1. The fourth-order valence-electron chi connectivity index (χ4n) is 1.70.